The topological polar surface area (TPSA) is 78.9 Å². The molecule has 0 aliphatic carbocycles. The first-order valence-corrected chi connectivity index (χ1v) is 32.7. The molecule has 79 heavy (non-hydrogen) atoms. The van der Waals surface area contributed by atoms with Crippen molar-refractivity contribution < 1.29 is 28.6 Å². The van der Waals surface area contributed by atoms with Gasteiger partial charge in [0, 0.05) is 19.3 Å². The Morgan fingerprint density at radius 1 is 0.266 bits per heavy atom. The lowest BCUT2D eigenvalue weighted by atomic mass is 10.0. The number of allylic oxidation sites excluding steroid dienone is 22. The molecule has 0 aromatic carbocycles. The zero-order valence-electron chi connectivity index (χ0n) is 51.3. The zero-order chi connectivity index (χ0) is 57.1. The van der Waals surface area contributed by atoms with Gasteiger partial charge in [0.1, 0.15) is 13.2 Å². The second-order valence-corrected chi connectivity index (χ2v) is 21.3. The van der Waals surface area contributed by atoms with Crippen molar-refractivity contribution in [3.63, 3.8) is 0 Å². The average Bonchev–Trinajstić information content (AvgIpc) is 3.45. The summed E-state index contributed by atoms with van der Waals surface area (Å²) in [5.41, 5.74) is 0. The van der Waals surface area contributed by atoms with Crippen LogP contribution >= 0.6 is 0 Å². The van der Waals surface area contributed by atoms with Crippen LogP contribution in [0.15, 0.2) is 134 Å². The van der Waals surface area contributed by atoms with Gasteiger partial charge in [-0.3, -0.25) is 14.4 Å². The molecule has 0 radical (unpaired) electrons. The van der Waals surface area contributed by atoms with Gasteiger partial charge < -0.3 is 14.2 Å². The van der Waals surface area contributed by atoms with Gasteiger partial charge in [0.15, 0.2) is 6.10 Å². The molecule has 6 nitrogen and oxygen atoms in total. The van der Waals surface area contributed by atoms with Crippen LogP contribution < -0.4 is 0 Å². The number of carbonyl (C=O) groups excluding carboxylic acids is 3. The van der Waals surface area contributed by atoms with Gasteiger partial charge in [-0.05, 0) is 116 Å². The average molecular weight is 1090 g/mol. The fourth-order valence-corrected chi connectivity index (χ4v) is 8.83. The Bertz CT molecular complexity index is 1680. The Morgan fingerprint density at radius 3 is 0.797 bits per heavy atom. The van der Waals surface area contributed by atoms with E-state index in [2.05, 4.69) is 154 Å². The van der Waals surface area contributed by atoms with Crippen molar-refractivity contribution in [3.8, 4) is 0 Å². The Hall–Kier alpha value is -4.45. The lowest BCUT2D eigenvalue weighted by Crippen LogP contribution is -2.30. The van der Waals surface area contributed by atoms with Crippen molar-refractivity contribution >= 4 is 17.9 Å². The molecule has 0 N–H and O–H groups in total. The van der Waals surface area contributed by atoms with Crippen molar-refractivity contribution in [1.82, 2.24) is 0 Å². The summed E-state index contributed by atoms with van der Waals surface area (Å²) < 4.78 is 16.9. The van der Waals surface area contributed by atoms with Crippen LogP contribution in [0, 0.1) is 0 Å². The first kappa shape index (κ1) is 74.5. The summed E-state index contributed by atoms with van der Waals surface area (Å²) in [4.78, 5) is 38.3. The van der Waals surface area contributed by atoms with E-state index in [1.807, 2.05) is 0 Å². The summed E-state index contributed by atoms with van der Waals surface area (Å²) in [6.45, 7) is 6.38. The molecule has 0 fully saturated rings. The monoisotopic (exact) mass is 1090 g/mol. The molecular weight excluding hydrogens is 973 g/mol. The normalized spacial score (nSPS) is 13.0. The van der Waals surface area contributed by atoms with Crippen molar-refractivity contribution in [2.45, 2.75) is 297 Å². The maximum atomic E-state index is 12.9. The molecule has 0 amide bonds. The number of esters is 3. The molecule has 0 saturated heterocycles. The molecule has 0 aliphatic rings. The molecule has 0 aliphatic heterocycles. The van der Waals surface area contributed by atoms with Crippen LogP contribution in [0.5, 0.6) is 0 Å². The first-order chi connectivity index (χ1) is 39.0. The van der Waals surface area contributed by atoms with Crippen LogP contribution in [-0.4, -0.2) is 37.2 Å². The Kier molecular flexibility index (Phi) is 62.3. The fourth-order valence-electron chi connectivity index (χ4n) is 8.83. The predicted octanol–water partition coefficient (Wildman–Crippen LogP) is 22.5. The Morgan fingerprint density at radius 2 is 0.494 bits per heavy atom. The van der Waals surface area contributed by atoms with Gasteiger partial charge in [-0.2, -0.15) is 0 Å². The van der Waals surface area contributed by atoms with E-state index in [0.717, 1.165) is 122 Å². The van der Waals surface area contributed by atoms with Gasteiger partial charge in [0.2, 0.25) is 0 Å². The molecule has 448 valence electrons. The number of carbonyl (C=O) groups is 3. The highest BCUT2D eigenvalue weighted by Crippen LogP contribution is 2.16. The quantitative estimate of drug-likeness (QED) is 0.0261. The molecular formula is C73H120O6. The van der Waals surface area contributed by atoms with Gasteiger partial charge >= 0.3 is 17.9 Å². The van der Waals surface area contributed by atoms with E-state index in [4.69, 9.17) is 14.2 Å². The van der Waals surface area contributed by atoms with Gasteiger partial charge in [-0.25, -0.2) is 0 Å². The van der Waals surface area contributed by atoms with Crippen LogP contribution in [-0.2, 0) is 28.6 Å². The van der Waals surface area contributed by atoms with Crippen LogP contribution in [0.2, 0.25) is 0 Å². The summed E-state index contributed by atoms with van der Waals surface area (Å²) in [5.74, 6) is -0.938. The van der Waals surface area contributed by atoms with Crippen molar-refractivity contribution in [1.29, 1.82) is 0 Å². The standard InChI is InChI=1S/C73H120O6/c1-4-7-10-13-16-19-22-24-26-28-30-32-33-34-35-36-37-38-39-41-42-44-46-48-51-54-57-60-63-66-72(75)78-69-70(68-77-71(74)65-62-59-56-53-50-21-18-15-12-9-6-3)79-73(76)67-64-61-58-55-52-49-47-45-43-40-31-29-27-25-23-20-17-14-11-8-5-2/h7-8,10-11,16-17,19-20,24-27,30-32,34-35,40,45,47,52,55,70H,4-6,9,12-15,18,21-23,28-29,33,36-39,41-44,46,48-51,53-54,56-69H2,1-3H3/b10-7-,11-8-,19-16-,20-17-,26-24-,27-25-,32-30-,35-34-,40-31-,47-45-,55-52-. The van der Waals surface area contributed by atoms with E-state index in [1.165, 1.54) is 122 Å². The highest BCUT2D eigenvalue weighted by Gasteiger charge is 2.19. The number of hydrogen-bond donors (Lipinski definition) is 0. The maximum Gasteiger partial charge on any atom is 0.306 e. The third-order valence-corrected chi connectivity index (χ3v) is 13.7. The van der Waals surface area contributed by atoms with E-state index in [-0.39, 0.29) is 37.5 Å². The van der Waals surface area contributed by atoms with Gasteiger partial charge in [0.05, 0.1) is 0 Å². The van der Waals surface area contributed by atoms with E-state index < -0.39 is 6.10 Å². The van der Waals surface area contributed by atoms with Crippen LogP contribution in [0.1, 0.15) is 290 Å². The lowest BCUT2D eigenvalue weighted by Gasteiger charge is -2.18. The summed E-state index contributed by atoms with van der Waals surface area (Å²) in [7, 11) is 0. The van der Waals surface area contributed by atoms with Crippen LogP contribution in [0.4, 0.5) is 0 Å². The number of ether oxygens (including phenoxy) is 3. The number of hydrogen-bond acceptors (Lipinski definition) is 6. The summed E-state index contributed by atoms with van der Waals surface area (Å²) in [5, 5.41) is 0. The number of rotatable bonds is 58. The van der Waals surface area contributed by atoms with Crippen molar-refractivity contribution in [2.24, 2.45) is 0 Å². The van der Waals surface area contributed by atoms with Gasteiger partial charge in [-0.15, -0.1) is 0 Å². The minimum absolute atomic E-state index is 0.0964. The van der Waals surface area contributed by atoms with E-state index >= 15 is 0 Å². The highest BCUT2D eigenvalue weighted by atomic mass is 16.6. The largest absolute Gasteiger partial charge is 0.462 e. The molecule has 0 aromatic heterocycles. The second-order valence-electron chi connectivity index (χ2n) is 21.3. The Labute approximate surface area is 487 Å². The molecule has 0 heterocycles. The smallest absolute Gasteiger partial charge is 0.306 e. The molecule has 0 bridgehead atoms. The molecule has 0 saturated carbocycles. The fraction of sp³-hybridized carbons (Fsp3) is 0.658. The van der Waals surface area contributed by atoms with Gasteiger partial charge in [0.25, 0.3) is 0 Å². The van der Waals surface area contributed by atoms with Crippen LogP contribution in [0.3, 0.4) is 0 Å². The third kappa shape index (κ3) is 64.3. The van der Waals surface area contributed by atoms with Crippen molar-refractivity contribution in [3.05, 3.63) is 134 Å². The highest BCUT2D eigenvalue weighted by molar-refractivity contribution is 5.71. The van der Waals surface area contributed by atoms with Gasteiger partial charge in [-0.1, -0.05) is 289 Å². The molecule has 6 heteroatoms. The molecule has 0 spiro atoms. The second kappa shape index (κ2) is 66.1. The lowest BCUT2D eigenvalue weighted by molar-refractivity contribution is -0.167. The summed E-state index contributed by atoms with van der Waals surface area (Å²) in [6.07, 6.45) is 93.2. The Balaban J connectivity index is 4.32. The molecule has 1 unspecified atom stereocenters. The minimum Gasteiger partial charge on any atom is -0.462 e. The molecule has 0 aromatic rings. The predicted molar refractivity (Wildman–Crippen MR) is 343 cm³/mol. The van der Waals surface area contributed by atoms with Crippen molar-refractivity contribution in [2.75, 3.05) is 13.2 Å². The summed E-state index contributed by atoms with van der Waals surface area (Å²) in [6, 6.07) is 0. The summed E-state index contributed by atoms with van der Waals surface area (Å²) >= 11 is 0. The SMILES string of the molecule is CC/C=C\C/C=C\C/C=C\C/C=C\C/C=C\C/C=C\CCCCC(=O)OC(COC(=O)CCCCCCCCCCCCC)COC(=O)CCCCCCCCCCCCCCC/C=C\C/C=C\C/C=C\C/C=C\C/C=C\CC. The minimum atomic E-state index is -0.804. The third-order valence-electron chi connectivity index (χ3n) is 13.7. The van der Waals surface area contributed by atoms with Crippen LogP contribution in [0.25, 0.3) is 0 Å². The first-order valence-electron chi connectivity index (χ1n) is 32.7. The zero-order valence-corrected chi connectivity index (χ0v) is 51.3. The maximum absolute atomic E-state index is 12.9. The number of unbranched alkanes of at least 4 members (excludes halogenated alkanes) is 25. The molecule has 0 rings (SSSR count). The van der Waals surface area contributed by atoms with E-state index in [1.54, 1.807) is 0 Å². The van der Waals surface area contributed by atoms with E-state index in [9.17, 15) is 14.4 Å². The molecule has 1 atom stereocenters. The van der Waals surface area contributed by atoms with E-state index in [0.29, 0.717) is 19.3 Å².